The van der Waals surface area contributed by atoms with E-state index >= 15 is 0 Å². The van der Waals surface area contributed by atoms with Crippen LogP contribution in [0, 0.1) is 17.2 Å². The number of nitrogens with zero attached hydrogens (tertiary/aromatic N) is 2. The maximum absolute atomic E-state index is 11.0. The molecule has 1 saturated heterocycles. The Morgan fingerprint density at radius 2 is 2.31 bits per heavy atom. The van der Waals surface area contributed by atoms with E-state index in [1.54, 1.807) is 0 Å². The van der Waals surface area contributed by atoms with E-state index in [0.717, 1.165) is 12.8 Å². The molecule has 1 aliphatic heterocycles. The SMILES string of the molecule is N#CCC1CCCN(S(N)(=O)=O)C1. The van der Waals surface area contributed by atoms with Crippen molar-refractivity contribution in [2.24, 2.45) is 11.1 Å². The molecule has 1 heterocycles. The van der Waals surface area contributed by atoms with Gasteiger partial charge in [-0.1, -0.05) is 0 Å². The molecule has 0 aromatic rings. The molecule has 0 aliphatic carbocycles. The van der Waals surface area contributed by atoms with Gasteiger partial charge in [0, 0.05) is 19.5 Å². The first-order chi connectivity index (χ1) is 6.04. The Bertz CT molecular complexity index is 306. The summed E-state index contributed by atoms with van der Waals surface area (Å²) in [5.74, 6) is 0.150. The molecule has 0 radical (unpaired) electrons. The fraction of sp³-hybridized carbons (Fsp3) is 0.857. The minimum atomic E-state index is -3.55. The molecule has 13 heavy (non-hydrogen) atoms. The topological polar surface area (TPSA) is 87.2 Å². The van der Waals surface area contributed by atoms with Crippen LogP contribution in [0.3, 0.4) is 0 Å². The molecule has 0 aromatic carbocycles. The highest BCUT2D eigenvalue weighted by molar-refractivity contribution is 7.86. The van der Waals surface area contributed by atoms with Crippen LogP contribution in [-0.4, -0.2) is 25.8 Å². The monoisotopic (exact) mass is 203 g/mol. The largest absolute Gasteiger partial charge is 0.276 e. The lowest BCUT2D eigenvalue weighted by atomic mass is 9.97. The number of nitriles is 1. The Morgan fingerprint density at radius 1 is 1.62 bits per heavy atom. The van der Waals surface area contributed by atoms with E-state index in [1.165, 1.54) is 4.31 Å². The van der Waals surface area contributed by atoms with Crippen LogP contribution < -0.4 is 5.14 Å². The fourth-order valence-electron chi connectivity index (χ4n) is 1.55. The first-order valence-electron chi connectivity index (χ1n) is 4.19. The minimum Gasteiger partial charge on any atom is -0.216 e. The van der Waals surface area contributed by atoms with Gasteiger partial charge in [0.25, 0.3) is 10.2 Å². The van der Waals surface area contributed by atoms with Gasteiger partial charge in [0.1, 0.15) is 0 Å². The first-order valence-corrected chi connectivity index (χ1v) is 5.69. The average Bonchev–Trinajstić information content (AvgIpc) is 2.04. The van der Waals surface area contributed by atoms with Crippen molar-refractivity contribution in [3.8, 4) is 6.07 Å². The Morgan fingerprint density at radius 3 is 2.85 bits per heavy atom. The van der Waals surface area contributed by atoms with Gasteiger partial charge in [-0.15, -0.1) is 0 Å². The summed E-state index contributed by atoms with van der Waals surface area (Å²) in [6, 6.07) is 2.05. The van der Waals surface area contributed by atoms with Gasteiger partial charge in [-0.2, -0.15) is 18.0 Å². The summed E-state index contributed by atoms with van der Waals surface area (Å²) in [6.45, 7) is 0.882. The van der Waals surface area contributed by atoms with Gasteiger partial charge in [0.05, 0.1) is 6.07 Å². The summed E-state index contributed by atoms with van der Waals surface area (Å²) in [4.78, 5) is 0. The van der Waals surface area contributed by atoms with Crippen molar-refractivity contribution in [3.05, 3.63) is 0 Å². The van der Waals surface area contributed by atoms with E-state index in [2.05, 4.69) is 0 Å². The van der Waals surface area contributed by atoms with Gasteiger partial charge in [-0.3, -0.25) is 0 Å². The fourth-order valence-corrected chi connectivity index (χ4v) is 2.36. The van der Waals surface area contributed by atoms with E-state index in [0.29, 0.717) is 19.5 Å². The van der Waals surface area contributed by atoms with Gasteiger partial charge in [-0.05, 0) is 18.8 Å². The molecular weight excluding hydrogens is 190 g/mol. The third-order valence-electron chi connectivity index (χ3n) is 2.22. The number of hydrogen-bond donors (Lipinski definition) is 1. The van der Waals surface area contributed by atoms with Crippen molar-refractivity contribution in [2.75, 3.05) is 13.1 Å². The molecule has 0 spiro atoms. The average molecular weight is 203 g/mol. The van der Waals surface area contributed by atoms with Crippen molar-refractivity contribution in [3.63, 3.8) is 0 Å². The second-order valence-electron chi connectivity index (χ2n) is 3.27. The summed E-state index contributed by atoms with van der Waals surface area (Å²) >= 11 is 0. The van der Waals surface area contributed by atoms with Crippen LogP contribution in [0.5, 0.6) is 0 Å². The van der Waals surface area contributed by atoms with Crippen molar-refractivity contribution in [1.82, 2.24) is 4.31 Å². The van der Waals surface area contributed by atoms with Crippen molar-refractivity contribution in [2.45, 2.75) is 19.3 Å². The third-order valence-corrected chi connectivity index (χ3v) is 3.27. The minimum absolute atomic E-state index is 0.150. The highest BCUT2D eigenvalue weighted by Crippen LogP contribution is 2.19. The van der Waals surface area contributed by atoms with Crippen LogP contribution in [0.1, 0.15) is 19.3 Å². The smallest absolute Gasteiger partial charge is 0.216 e. The molecule has 6 heteroatoms. The Hall–Kier alpha value is -0.640. The zero-order chi connectivity index (χ0) is 9.90. The van der Waals surface area contributed by atoms with Crippen LogP contribution in [0.2, 0.25) is 0 Å². The van der Waals surface area contributed by atoms with Crippen LogP contribution >= 0.6 is 0 Å². The normalized spacial score (nSPS) is 25.4. The van der Waals surface area contributed by atoms with Crippen LogP contribution in [0.25, 0.3) is 0 Å². The molecule has 0 bridgehead atoms. The molecule has 2 N–H and O–H groups in total. The summed E-state index contributed by atoms with van der Waals surface area (Å²) in [6.07, 6.45) is 2.12. The van der Waals surface area contributed by atoms with Crippen LogP contribution in [-0.2, 0) is 10.2 Å². The zero-order valence-electron chi connectivity index (χ0n) is 7.31. The molecule has 1 unspecified atom stereocenters. The Labute approximate surface area is 78.3 Å². The second-order valence-corrected chi connectivity index (χ2v) is 4.82. The number of rotatable bonds is 2. The molecule has 0 amide bonds. The molecule has 1 aliphatic rings. The quantitative estimate of drug-likeness (QED) is 0.675. The highest BCUT2D eigenvalue weighted by atomic mass is 32.2. The number of piperidine rings is 1. The molecule has 1 atom stereocenters. The zero-order valence-corrected chi connectivity index (χ0v) is 8.13. The number of hydrogen-bond acceptors (Lipinski definition) is 3. The maximum atomic E-state index is 11.0. The van der Waals surface area contributed by atoms with Gasteiger partial charge in [-0.25, -0.2) is 5.14 Å². The maximum Gasteiger partial charge on any atom is 0.276 e. The summed E-state index contributed by atoms with van der Waals surface area (Å²) in [5, 5.41) is 13.4. The van der Waals surface area contributed by atoms with Crippen molar-refractivity contribution >= 4 is 10.2 Å². The molecule has 1 rings (SSSR count). The Kier molecular flexibility index (Phi) is 3.25. The first kappa shape index (κ1) is 10.4. The summed E-state index contributed by atoms with van der Waals surface area (Å²) in [7, 11) is -3.55. The predicted octanol–water partition coefficient (Wildman–Crippen LogP) is -0.184. The molecule has 1 fully saturated rings. The summed E-state index contributed by atoms with van der Waals surface area (Å²) < 4.78 is 23.2. The Balaban J connectivity index is 2.58. The molecule has 74 valence electrons. The van der Waals surface area contributed by atoms with Gasteiger partial charge in [0.2, 0.25) is 0 Å². The molecule has 5 nitrogen and oxygen atoms in total. The lowest BCUT2D eigenvalue weighted by Gasteiger charge is -2.29. The van der Waals surface area contributed by atoms with E-state index < -0.39 is 10.2 Å². The van der Waals surface area contributed by atoms with Crippen LogP contribution in [0.4, 0.5) is 0 Å². The number of nitrogens with two attached hydrogens (primary N) is 1. The lowest BCUT2D eigenvalue weighted by Crippen LogP contribution is -2.43. The van der Waals surface area contributed by atoms with Gasteiger partial charge < -0.3 is 0 Å². The van der Waals surface area contributed by atoms with Gasteiger partial charge in [0.15, 0.2) is 0 Å². The highest BCUT2D eigenvalue weighted by Gasteiger charge is 2.25. The van der Waals surface area contributed by atoms with E-state index in [4.69, 9.17) is 10.4 Å². The second kappa shape index (κ2) is 4.05. The molecule has 0 saturated carbocycles. The molecular formula is C7H13N3O2S. The predicted molar refractivity (Wildman–Crippen MR) is 47.6 cm³/mol. The standard InChI is InChI=1S/C7H13N3O2S/c8-4-3-7-2-1-5-10(6-7)13(9,11)12/h7H,1-3,5-6H2,(H2,9,11,12). The van der Waals surface area contributed by atoms with Crippen molar-refractivity contribution in [1.29, 1.82) is 5.26 Å². The van der Waals surface area contributed by atoms with E-state index in [9.17, 15) is 8.42 Å². The van der Waals surface area contributed by atoms with Gasteiger partial charge >= 0.3 is 0 Å². The third kappa shape index (κ3) is 2.95. The molecule has 0 aromatic heterocycles. The van der Waals surface area contributed by atoms with Crippen molar-refractivity contribution < 1.29 is 8.42 Å². The van der Waals surface area contributed by atoms with E-state index in [-0.39, 0.29) is 5.92 Å². The lowest BCUT2D eigenvalue weighted by molar-refractivity contribution is 0.269. The van der Waals surface area contributed by atoms with Crippen LogP contribution in [0.15, 0.2) is 0 Å². The van der Waals surface area contributed by atoms with E-state index in [1.807, 2.05) is 6.07 Å². The summed E-state index contributed by atoms with van der Waals surface area (Å²) in [5.41, 5.74) is 0.